The van der Waals surface area contributed by atoms with Gasteiger partial charge < -0.3 is 10.3 Å². The van der Waals surface area contributed by atoms with E-state index in [-0.39, 0.29) is 17.2 Å². The lowest BCUT2D eigenvalue weighted by Crippen LogP contribution is -2.42. The number of amides is 1. The van der Waals surface area contributed by atoms with Gasteiger partial charge in [-0.3, -0.25) is 4.79 Å². The number of aromatic amines is 1. The maximum Gasteiger partial charge on any atom is 0.271 e. The first-order valence-corrected chi connectivity index (χ1v) is 11.6. The van der Waals surface area contributed by atoms with Crippen LogP contribution in [0.5, 0.6) is 0 Å². The van der Waals surface area contributed by atoms with Crippen LogP contribution in [0.1, 0.15) is 36.5 Å². The molecular formula is C22H21N5O3S. The normalized spacial score (nSPS) is 15.8. The van der Waals surface area contributed by atoms with E-state index in [0.29, 0.717) is 17.8 Å². The van der Waals surface area contributed by atoms with E-state index in [1.165, 1.54) is 0 Å². The molecule has 0 bridgehead atoms. The second-order valence-corrected chi connectivity index (χ2v) is 10.3. The Morgan fingerprint density at radius 1 is 1.29 bits per heavy atom. The molecule has 0 aromatic carbocycles. The summed E-state index contributed by atoms with van der Waals surface area (Å²) >= 11 is 0. The average Bonchev–Trinajstić information content (AvgIpc) is 3.16. The van der Waals surface area contributed by atoms with Gasteiger partial charge in [-0.1, -0.05) is 12.1 Å². The van der Waals surface area contributed by atoms with Gasteiger partial charge in [-0.25, -0.2) is 18.4 Å². The number of allylic oxidation sites excluding steroid dienone is 1. The van der Waals surface area contributed by atoms with Crippen molar-refractivity contribution >= 4 is 32.4 Å². The summed E-state index contributed by atoms with van der Waals surface area (Å²) < 4.78 is 23.3. The Balaban J connectivity index is 1.63. The Morgan fingerprint density at radius 3 is 2.81 bits per heavy atom. The van der Waals surface area contributed by atoms with Crippen LogP contribution in [-0.2, 0) is 9.84 Å². The number of hydrogen-bond acceptors (Lipinski definition) is 6. The summed E-state index contributed by atoms with van der Waals surface area (Å²) in [5.41, 5.74) is 3.06. The number of pyridine rings is 2. The van der Waals surface area contributed by atoms with Crippen LogP contribution >= 0.6 is 0 Å². The van der Waals surface area contributed by atoms with Crippen LogP contribution in [0.4, 0.5) is 0 Å². The fraction of sp³-hybridized carbons (Fsp3) is 0.273. The van der Waals surface area contributed by atoms with Gasteiger partial charge in [0, 0.05) is 22.8 Å². The van der Waals surface area contributed by atoms with Crippen LogP contribution < -0.4 is 5.32 Å². The Morgan fingerprint density at radius 2 is 2.10 bits per heavy atom. The molecule has 0 spiro atoms. The van der Waals surface area contributed by atoms with Gasteiger partial charge in [0.2, 0.25) is 0 Å². The zero-order chi connectivity index (χ0) is 22.2. The molecular weight excluding hydrogens is 414 g/mol. The minimum atomic E-state index is -2.99. The number of fused-ring (bicyclic) bond motifs is 1. The molecule has 0 atom stereocenters. The minimum absolute atomic E-state index is 0.0533. The third-order valence-electron chi connectivity index (χ3n) is 5.07. The molecule has 4 heterocycles. The van der Waals surface area contributed by atoms with E-state index in [1.54, 1.807) is 44.3 Å². The topological polar surface area (TPSA) is 129 Å². The zero-order valence-electron chi connectivity index (χ0n) is 17.1. The number of aromatic nitrogens is 3. The molecule has 0 radical (unpaired) electrons. The number of H-pyrrole nitrogens is 1. The number of sulfone groups is 1. The summed E-state index contributed by atoms with van der Waals surface area (Å²) in [5, 5.41) is 12.6. The number of carbonyl (C=O) groups excluding carboxylic acids is 1. The van der Waals surface area contributed by atoms with Gasteiger partial charge in [0.25, 0.3) is 5.91 Å². The van der Waals surface area contributed by atoms with Gasteiger partial charge in [0.05, 0.1) is 23.3 Å². The molecule has 0 aliphatic carbocycles. The van der Waals surface area contributed by atoms with Crippen molar-refractivity contribution in [1.29, 1.82) is 5.26 Å². The second kappa shape index (κ2) is 7.63. The summed E-state index contributed by atoms with van der Waals surface area (Å²) in [6.45, 7) is 3.24. The highest BCUT2D eigenvalue weighted by atomic mass is 32.2. The Labute approximate surface area is 180 Å². The Kier molecular flexibility index (Phi) is 5.11. The predicted octanol–water partition coefficient (Wildman–Crippen LogP) is 2.86. The maximum absolute atomic E-state index is 12.4. The van der Waals surface area contributed by atoms with E-state index in [4.69, 9.17) is 5.26 Å². The molecule has 0 saturated carbocycles. The SMILES string of the molecule is CC(C)(C#N)NC(=O)c1cccc(-c2cnc3[nH]c(C4=CCS(=O)(=O)CC4)cc3c2)n1. The van der Waals surface area contributed by atoms with E-state index in [1.807, 2.05) is 18.2 Å². The molecule has 0 saturated heterocycles. The zero-order valence-corrected chi connectivity index (χ0v) is 18.0. The average molecular weight is 436 g/mol. The second-order valence-electron chi connectivity index (χ2n) is 8.04. The Hall–Kier alpha value is -3.51. The molecule has 3 aromatic rings. The monoisotopic (exact) mass is 435 g/mol. The van der Waals surface area contributed by atoms with Crippen LogP contribution in [0.3, 0.4) is 0 Å². The predicted molar refractivity (Wildman–Crippen MR) is 118 cm³/mol. The number of nitrogens with one attached hydrogen (secondary N) is 2. The van der Waals surface area contributed by atoms with Gasteiger partial charge in [0.15, 0.2) is 9.84 Å². The van der Waals surface area contributed by atoms with Crippen LogP contribution in [-0.4, -0.2) is 46.3 Å². The van der Waals surface area contributed by atoms with Crippen LogP contribution in [0.2, 0.25) is 0 Å². The first-order chi connectivity index (χ1) is 14.7. The molecule has 1 aliphatic rings. The highest BCUT2D eigenvalue weighted by Crippen LogP contribution is 2.28. The summed E-state index contributed by atoms with van der Waals surface area (Å²) in [6.07, 6.45) is 3.89. The van der Waals surface area contributed by atoms with Gasteiger partial charge >= 0.3 is 0 Å². The number of hydrogen-bond donors (Lipinski definition) is 2. The van der Waals surface area contributed by atoms with Crippen molar-refractivity contribution in [1.82, 2.24) is 20.3 Å². The van der Waals surface area contributed by atoms with Gasteiger partial charge in [-0.15, -0.1) is 0 Å². The first kappa shape index (κ1) is 20.8. The summed E-state index contributed by atoms with van der Waals surface area (Å²) in [7, 11) is -2.99. The molecule has 1 amide bonds. The van der Waals surface area contributed by atoms with Crippen molar-refractivity contribution in [3.05, 3.63) is 54.0 Å². The van der Waals surface area contributed by atoms with Gasteiger partial charge in [-0.2, -0.15) is 5.26 Å². The van der Waals surface area contributed by atoms with E-state index in [0.717, 1.165) is 22.2 Å². The third kappa shape index (κ3) is 4.49. The largest absolute Gasteiger partial charge is 0.339 e. The van der Waals surface area contributed by atoms with E-state index >= 15 is 0 Å². The van der Waals surface area contributed by atoms with E-state index in [9.17, 15) is 13.2 Å². The third-order valence-corrected chi connectivity index (χ3v) is 6.57. The van der Waals surface area contributed by atoms with Crippen LogP contribution in [0.25, 0.3) is 27.9 Å². The lowest BCUT2D eigenvalue weighted by molar-refractivity contribution is 0.0924. The van der Waals surface area contributed by atoms with Gasteiger partial charge in [-0.05, 0) is 50.1 Å². The fourth-order valence-electron chi connectivity index (χ4n) is 3.35. The lowest BCUT2D eigenvalue weighted by atomic mass is 10.1. The van der Waals surface area contributed by atoms with Gasteiger partial charge in [0.1, 0.15) is 16.9 Å². The molecule has 2 N–H and O–H groups in total. The molecule has 8 nitrogen and oxygen atoms in total. The highest BCUT2D eigenvalue weighted by molar-refractivity contribution is 7.91. The summed E-state index contributed by atoms with van der Waals surface area (Å²) in [5.74, 6) is -0.225. The molecule has 9 heteroatoms. The van der Waals surface area contributed by atoms with Crippen LogP contribution in [0.15, 0.2) is 42.6 Å². The van der Waals surface area contributed by atoms with Crippen molar-refractivity contribution in [2.75, 3.05) is 11.5 Å². The van der Waals surface area contributed by atoms with Crippen molar-refractivity contribution in [2.45, 2.75) is 25.8 Å². The fourth-order valence-corrected chi connectivity index (χ4v) is 4.50. The lowest BCUT2D eigenvalue weighted by Gasteiger charge is -2.17. The number of nitriles is 1. The standard InChI is InChI=1S/C22H21N5O3S/c1-22(2,13-23)27-21(28)18-5-3-4-17(25-18)16-10-15-11-19(26-20(15)24-12-16)14-6-8-31(29,30)9-7-14/h3-6,10-12H,7-9H2,1-2H3,(H,24,26)(H,27,28). The molecule has 4 rings (SSSR count). The number of rotatable bonds is 4. The summed E-state index contributed by atoms with van der Waals surface area (Å²) in [4.78, 5) is 24.6. The van der Waals surface area contributed by atoms with E-state index in [2.05, 4.69) is 20.3 Å². The van der Waals surface area contributed by atoms with Crippen molar-refractivity contribution in [2.24, 2.45) is 0 Å². The minimum Gasteiger partial charge on any atom is -0.339 e. The van der Waals surface area contributed by atoms with Crippen molar-refractivity contribution in [3.8, 4) is 17.3 Å². The summed E-state index contributed by atoms with van der Waals surface area (Å²) in [6, 6.07) is 11.0. The van der Waals surface area contributed by atoms with Crippen molar-refractivity contribution < 1.29 is 13.2 Å². The highest BCUT2D eigenvalue weighted by Gasteiger charge is 2.22. The first-order valence-electron chi connectivity index (χ1n) is 9.76. The quantitative estimate of drug-likeness (QED) is 0.648. The molecule has 31 heavy (non-hydrogen) atoms. The molecule has 3 aromatic heterocycles. The molecule has 158 valence electrons. The maximum atomic E-state index is 12.4. The molecule has 1 aliphatic heterocycles. The molecule has 0 unspecified atom stereocenters. The number of nitrogens with zero attached hydrogens (tertiary/aromatic N) is 3. The molecule has 0 fully saturated rings. The van der Waals surface area contributed by atoms with Crippen molar-refractivity contribution in [3.63, 3.8) is 0 Å². The number of carbonyl (C=O) groups is 1. The Bertz CT molecular complexity index is 1360. The van der Waals surface area contributed by atoms with E-state index < -0.39 is 21.3 Å². The van der Waals surface area contributed by atoms with Crippen LogP contribution in [0, 0.1) is 11.3 Å². The smallest absolute Gasteiger partial charge is 0.271 e.